The number of para-hydroxylation sites is 2. The molecular weight excluding hydrogens is 364 g/mol. The Morgan fingerprint density at radius 2 is 1.62 bits per heavy atom. The van der Waals surface area contributed by atoms with E-state index < -0.39 is 0 Å². The first-order valence-corrected chi connectivity index (χ1v) is 9.18. The number of methoxy groups -OCH3 is 2. The second-order valence-electron chi connectivity index (χ2n) is 6.42. The van der Waals surface area contributed by atoms with E-state index in [-0.39, 0.29) is 5.91 Å². The Morgan fingerprint density at radius 1 is 0.862 bits per heavy atom. The Hall–Kier alpha value is -3.86. The van der Waals surface area contributed by atoms with Crippen molar-refractivity contribution in [2.75, 3.05) is 19.1 Å². The van der Waals surface area contributed by atoms with Gasteiger partial charge in [-0.15, -0.1) is 0 Å². The van der Waals surface area contributed by atoms with E-state index in [1.165, 1.54) is 0 Å². The molecule has 29 heavy (non-hydrogen) atoms. The Labute approximate surface area is 169 Å². The molecular formula is C24H20N2O3. The van der Waals surface area contributed by atoms with Crippen molar-refractivity contribution in [1.29, 1.82) is 0 Å². The monoisotopic (exact) mass is 384 g/mol. The van der Waals surface area contributed by atoms with Gasteiger partial charge >= 0.3 is 0 Å². The second kappa shape index (κ2) is 8.02. The third-order valence-corrected chi connectivity index (χ3v) is 4.62. The first-order chi connectivity index (χ1) is 14.2. The fourth-order valence-electron chi connectivity index (χ4n) is 3.23. The van der Waals surface area contributed by atoms with E-state index in [4.69, 9.17) is 9.47 Å². The SMILES string of the molecule is COc1cccc(/C=C2/N=C(c3ccccc3OC)N(c3ccccc3)C2=O)c1. The Morgan fingerprint density at radius 3 is 2.38 bits per heavy atom. The van der Waals surface area contributed by atoms with Crippen LogP contribution in [0.1, 0.15) is 11.1 Å². The van der Waals surface area contributed by atoms with E-state index in [9.17, 15) is 4.79 Å². The molecule has 0 radical (unpaired) electrons. The molecule has 0 bridgehead atoms. The molecule has 5 nitrogen and oxygen atoms in total. The lowest BCUT2D eigenvalue weighted by atomic mass is 10.1. The molecule has 1 aliphatic heterocycles. The van der Waals surface area contributed by atoms with Crippen molar-refractivity contribution in [3.8, 4) is 11.5 Å². The molecule has 4 rings (SSSR count). The molecule has 0 saturated heterocycles. The van der Waals surface area contributed by atoms with E-state index >= 15 is 0 Å². The largest absolute Gasteiger partial charge is 0.497 e. The van der Waals surface area contributed by atoms with E-state index in [2.05, 4.69) is 4.99 Å². The molecule has 1 heterocycles. The summed E-state index contributed by atoms with van der Waals surface area (Å²) in [5, 5.41) is 0. The van der Waals surface area contributed by atoms with Crippen LogP contribution in [0.5, 0.6) is 11.5 Å². The molecule has 0 saturated carbocycles. The van der Waals surface area contributed by atoms with Crippen LogP contribution in [-0.2, 0) is 4.79 Å². The maximum absolute atomic E-state index is 13.3. The van der Waals surface area contributed by atoms with Crippen molar-refractivity contribution in [2.24, 2.45) is 4.99 Å². The zero-order chi connectivity index (χ0) is 20.2. The molecule has 144 valence electrons. The number of carbonyl (C=O) groups excluding carboxylic acids is 1. The highest BCUT2D eigenvalue weighted by Crippen LogP contribution is 2.31. The van der Waals surface area contributed by atoms with Crippen LogP contribution in [0.4, 0.5) is 5.69 Å². The number of amides is 1. The Bertz CT molecular complexity index is 1100. The van der Waals surface area contributed by atoms with Gasteiger partial charge in [0.15, 0.2) is 5.84 Å². The number of hydrogen-bond donors (Lipinski definition) is 0. The summed E-state index contributed by atoms with van der Waals surface area (Å²) in [7, 11) is 3.22. The van der Waals surface area contributed by atoms with E-state index in [1.54, 1.807) is 25.2 Å². The minimum absolute atomic E-state index is 0.195. The fourth-order valence-corrected chi connectivity index (χ4v) is 3.23. The van der Waals surface area contributed by atoms with Gasteiger partial charge in [0.2, 0.25) is 0 Å². The van der Waals surface area contributed by atoms with Crippen molar-refractivity contribution in [3.63, 3.8) is 0 Å². The highest BCUT2D eigenvalue weighted by Gasteiger charge is 2.33. The lowest BCUT2D eigenvalue weighted by molar-refractivity contribution is -0.113. The number of hydrogen-bond acceptors (Lipinski definition) is 4. The molecule has 0 atom stereocenters. The van der Waals surface area contributed by atoms with Gasteiger partial charge in [-0.2, -0.15) is 0 Å². The van der Waals surface area contributed by atoms with Crippen LogP contribution >= 0.6 is 0 Å². The zero-order valence-electron chi connectivity index (χ0n) is 16.2. The van der Waals surface area contributed by atoms with Gasteiger partial charge in [-0.3, -0.25) is 9.69 Å². The number of ether oxygens (including phenoxy) is 2. The molecule has 1 amide bonds. The van der Waals surface area contributed by atoms with Crippen molar-refractivity contribution in [1.82, 2.24) is 0 Å². The van der Waals surface area contributed by atoms with Crippen LogP contribution < -0.4 is 14.4 Å². The smallest absolute Gasteiger partial charge is 0.282 e. The summed E-state index contributed by atoms with van der Waals surface area (Å²) in [5.41, 5.74) is 2.69. The topological polar surface area (TPSA) is 51.1 Å². The maximum Gasteiger partial charge on any atom is 0.282 e. The number of aliphatic imine (C=N–C) groups is 1. The maximum atomic E-state index is 13.3. The molecule has 0 aromatic heterocycles. The predicted molar refractivity (Wildman–Crippen MR) is 114 cm³/mol. The van der Waals surface area contributed by atoms with Crippen LogP contribution in [0, 0.1) is 0 Å². The van der Waals surface area contributed by atoms with Gasteiger partial charge < -0.3 is 9.47 Å². The highest BCUT2D eigenvalue weighted by molar-refractivity contribution is 6.33. The molecule has 0 spiro atoms. The molecule has 0 aliphatic carbocycles. The van der Waals surface area contributed by atoms with Crippen molar-refractivity contribution in [2.45, 2.75) is 0 Å². The second-order valence-corrected chi connectivity index (χ2v) is 6.42. The van der Waals surface area contributed by atoms with Gasteiger partial charge in [0, 0.05) is 0 Å². The van der Waals surface area contributed by atoms with Gasteiger partial charge in [-0.25, -0.2) is 4.99 Å². The third-order valence-electron chi connectivity index (χ3n) is 4.62. The minimum atomic E-state index is -0.195. The van der Waals surface area contributed by atoms with E-state index in [1.807, 2.05) is 78.9 Å². The lowest BCUT2D eigenvalue weighted by Gasteiger charge is -2.19. The normalized spacial score (nSPS) is 14.8. The van der Waals surface area contributed by atoms with Gasteiger partial charge in [-0.05, 0) is 48.0 Å². The fraction of sp³-hybridized carbons (Fsp3) is 0.0833. The number of nitrogens with zero attached hydrogens (tertiary/aromatic N) is 2. The first kappa shape index (κ1) is 18.5. The molecule has 0 N–H and O–H groups in total. The predicted octanol–water partition coefficient (Wildman–Crippen LogP) is 4.54. The quantitative estimate of drug-likeness (QED) is 0.607. The molecule has 0 unspecified atom stereocenters. The summed E-state index contributed by atoms with van der Waals surface area (Å²) in [4.78, 5) is 19.6. The van der Waals surface area contributed by atoms with Gasteiger partial charge in [0.05, 0.1) is 25.5 Å². The van der Waals surface area contributed by atoms with Crippen LogP contribution in [0.3, 0.4) is 0 Å². The standard InChI is InChI=1S/C24H20N2O3/c1-28-19-12-8-9-17(15-19)16-21-24(27)26(18-10-4-3-5-11-18)23(25-21)20-13-6-7-14-22(20)29-2/h3-16H,1-2H3/b21-16+. The Balaban J connectivity index is 1.85. The van der Waals surface area contributed by atoms with Crippen molar-refractivity contribution in [3.05, 3.63) is 95.7 Å². The molecule has 3 aromatic rings. The first-order valence-electron chi connectivity index (χ1n) is 9.18. The number of carbonyl (C=O) groups is 1. The van der Waals surface area contributed by atoms with Crippen LogP contribution in [0.15, 0.2) is 89.6 Å². The summed E-state index contributed by atoms with van der Waals surface area (Å²) in [6, 6.07) is 24.5. The molecule has 5 heteroatoms. The zero-order valence-corrected chi connectivity index (χ0v) is 16.2. The van der Waals surface area contributed by atoms with Crippen LogP contribution in [0.2, 0.25) is 0 Å². The average Bonchev–Trinajstić information content (AvgIpc) is 3.10. The highest BCUT2D eigenvalue weighted by atomic mass is 16.5. The minimum Gasteiger partial charge on any atom is -0.497 e. The number of rotatable bonds is 5. The average molecular weight is 384 g/mol. The van der Waals surface area contributed by atoms with Crippen molar-refractivity contribution >= 4 is 23.5 Å². The molecule has 1 aliphatic rings. The third kappa shape index (κ3) is 3.62. The summed E-state index contributed by atoms with van der Waals surface area (Å²) < 4.78 is 10.8. The van der Waals surface area contributed by atoms with Crippen molar-refractivity contribution < 1.29 is 14.3 Å². The number of anilines is 1. The van der Waals surface area contributed by atoms with Gasteiger partial charge in [0.25, 0.3) is 5.91 Å². The van der Waals surface area contributed by atoms with Crippen LogP contribution in [0.25, 0.3) is 6.08 Å². The van der Waals surface area contributed by atoms with Gasteiger partial charge in [-0.1, -0.05) is 42.5 Å². The number of benzene rings is 3. The van der Waals surface area contributed by atoms with Crippen LogP contribution in [-0.4, -0.2) is 26.0 Å². The van der Waals surface area contributed by atoms with E-state index in [0.29, 0.717) is 17.3 Å². The summed E-state index contributed by atoms with van der Waals surface area (Å²) >= 11 is 0. The molecule has 3 aromatic carbocycles. The number of amidine groups is 1. The lowest BCUT2D eigenvalue weighted by Crippen LogP contribution is -2.32. The molecule has 0 fully saturated rings. The summed E-state index contributed by atoms with van der Waals surface area (Å²) in [5.74, 6) is 1.72. The summed E-state index contributed by atoms with van der Waals surface area (Å²) in [6.45, 7) is 0. The summed E-state index contributed by atoms with van der Waals surface area (Å²) in [6.07, 6.45) is 1.77. The van der Waals surface area contributed by atoms with Gasteiger partial charge in [0.1, 0.15) is 17.2 Å². The van der Waals surface area contributed by atoms with E-state index in [0.717, 1.165) is 22.6 Å². The Kier molecular flexibility index (Phi) is 5.12.